The standard InChI is InChI=1S/C29H30FN5O2/c30-24-13-20(21-5-6-22-15-31-33-25(22)14-21)7-8-23(24)26-32-29(10-1-2-11-29)28(37)35(26)17-18-9-12-34(16-18)27(36)19-3-4-19/h5-8,13-15,18-19H,1-4,9-12,16-17H2,(H,31,33). The van der Waals surface area contributed by atoms with E-state index < -0.39 is 5.54 Å². The Labute approximate surface area is 214 Å². The lowest BCUT2D eigenvalue weighted by Gasteiger charge is -2.25. The maximum atomic E-state index is 15.7. The van der Waals surface area contributed by atoms with Gasteiger partial charge >= 0.3 is 0 Å². The molecule has 0 bridgehead atoms. The Kier molecular flexibility index (Phi) is 5.20. The number of aromatic nitrogens is 2. The van der Waals surface area contributed by atoms with Crippen molar-refractivity contribution in [3.63, 3.8) is 0 Å². The summed E-state index contributed by atoms with van der Waals surface area (Å²) in [6, 6.07) is 11.1. The van der Waals surface area contributed by atoms with E-state index in [1.54, 1.807) is 17.2 Å². The first-order chi connectivity index (χ1) is 18.0. The summed E-state index contributed by atoms with van der Waals surface area (Å²) >= 11 is 0. The van der Waals surface area contributed by atoms with Gasteiger partial charge in [0.05, 0.1) is 17.3 Å². The molecule has 3 heterocycles. The molecule has 2 aromatic carbocycles. The van der Waals surface area contributed by atoms with Gasteiger partial charge < -0.3 is 4.90 Å². The van der Waals surface area contributed by atoms with Crippen molar-refractivity contribution in [1.82, 2.24) is 20.0 Å². The highest BCUT2D eigenvalue weighted by molar-refractivity contribution is 6.15. The molecule has 3 fully saturated rings. The predicted molar refractivity (Wildman–Crippen MR) is 138 cm³/mol. The van der Waals surface area contributed by atoms with E-state index in [1.807, 2.05) is 29.2 Å². The van der Waals surface area contributed by atoms with Gasteiger partial charge in [-0.3, -0.25) is 24.6 Å². The van der Waals surface area contributed by atoms with E-state index in [0.717, 1.165) is 60.7 Å². The number of aliphatic imine (C=N–C) groups is 1. The van der Waals surface area contributed by atoms with E-state index in [1.165, 1.54) is 6.07 Å². The van der Waals surface area contributed by atoms with Crippen LogP contribution in [0.2, 0.25) is 0 Å². The smallest absolute Gasteiger partial charge is 0.256 e. The number of nitrogens with one attached hydrogen (secondary N) is 1. The van der Waals surface area contributed by atoms with Crippen molar-refractivity contribution in [2.24, 2.45) is 16.8 Å². The maximum absolute atomic E-state index is 15.7. The molecule has 2 aliphatic heterocycles. The zero-order chi connectivity index (χ0) is 25.1. The quantitative estimate of drug-likeness (QED) is 0.560. The van der Waals surface area contributed by atoms with Crippen LogP contribution in [0.4, 0.5) is 4.39 Å². The number of aromatic amines is 1. The first-order valence-corrected chi connectivity index (χ1v) is 13.4. The summed E-state index contributed by atoms with van der Waals surface area (Å²) in [7, 11) is 0. The molecule has 3 aromatic rings. The van der Waals surface area contributed by atoms with Crippen molar-refractivity contribution < 1.29 is 14.0 Å². The Morgan fingerprint density at radius 3 is 2.65 bits per heavy atom. The molecule has 1 atom stereocenters. The summed E-state index contributed by atoms with van der Waals surface area (Å²) < 4.78 is 15.7. The molecule has 1 N–H and O–H groups in total. The molecule has 2 saturated carbocycles. The zero-order valence-electron chi connectivity index (χ0n) is 20.8. The van der Waals surface area contributed by atoms with E-state index in [2.05, 4.69) is 10.2 Å². The Morgan fingerprint density at radius 2 is 1.86 bits per heavy atom. The van der Waals surface area contributed by atoms with Gasteiger partial charge in [0.15, 0.2) is 0 Å². The summed E-state index contributed by atoms with van der Waals surface area (Å²) in [6.07, 6.45) is 7.96. The molecule has 8 heteroatoms. The summed E-state index contributed by atoms with van der Waals surface area (Å²) in [5.41, 5.74) is 2.16. The predicted octanol–water partition coefficient (Wildman–Crippen LogP) is 4.53. The normalized spacial score (nSPS) is 23.0. The van der Waals surface area contributed by atoms with Gasteiger partial charge in [-0.1, -0.05) is 31.0 Å². The molecular formula is C29H30FN5O2. The van der Waals surface area contributed by atoms with Gasteiger partial charge in [-0.25, -0.2) is 4.39 Å². The second-order valence-electron chi connectivity index (χ2n) is 11.2. The van der Waals surface area contributed by atoms with E-state index >= 15 is 4.39 Å². The largest absolute Gasteiger partial charge is 0.342 e. The summed E-state index contributed by atoms with van der Waals surface area (Å²) in [6.45, 7) is 1.88. The summed E-state index contributed by atoms with van der Waals surface area (Å²) in [4.78, 5) is 34.9. The fourth-order valence-corrected chi connectivity index (χ4v) is 6.34. The van der Waals surface area contributed by atoms with E-state index in [0.29, 0.717) is 37.3 Å². The third-order valence-corrected chi connectivity index (χ3v) is 8.60. The highest BCUT2D eigenvalue weighted by Gasteiger charge is 2.51. The average molecular weight is 500 g/mol. The van der Waals surface area contributed by atoms with Gasteiger partial charge in [-0.05, 0) is 67.3 Å². The van der Waals surface area contributed by atoms with Crippen molar-refractivity contribution in [3.05, 3.63) is 54.0 Å². The van der Waals surface area contributed by atoms with E-state index in [4.69, 9.17) is 4.99 Å². The van der Waals surface area contributed by atoms with E-state index in [9.17, 15) is 9.59 Å². The molecule has 0 radical (unpaired) electrons. The third kappa shape index (κ3) is 3.85. The molecule has 2 aliphatic carbocycles. The second-order valence-corrected chi connectivity index (χ2v) is 11.2. The lowest BCUT2D eigenvalue weighted by molar-refractivity contribution is -0.131. The number of nitrogens with zero attached hydrogens (tertiary/aromatic N) is 4. The molecule has 37 heavy (non-hydrogen) atoms. The van der Waals surface area contributed by atoms with Gasteiger partial charge in [-0.15, -0.1) is 0 Å². The Morgan fingerprint density at radius 1 is 1.08 bits per heavy atom. The van der Waals surface area contributed by atoms with E-state index in [-0.39, 0.29) is 29.5 Å². The number of amides is 2. The minimum Gasteiger partial charge on any atom is -0.342 e. The molecule has 190 valence electrons. The van der Waals surface area contributed by atoms with Crippen LogP contribution in [0.15, 0.2) is 47.6 Å². The van der Waals surface area contributed by atoms with Crippen LogP contribution >= 0.6 is 0 Å². The molecule has 2 amide bonds. The molecule has 1 unspecified atom stereocenters. The van der Waals surface area contributed by atoms with Crippen molar-refractivity contribution in [3.8, 4) is 11.1 Å². The fraction of sp³-hybridized carbons (Fsp3) is 0.448. The van der Waals surface area contributed by atoms with Crippen LogP contribution < -0.4 is 0 Å². The number of rotatable bonds is 5. The Bertz CT molecular complexity index is 1440. The van der Waals surface area contributed by atoms with Crippen molar-refractivity contribution in [1.29, 1.82) is 0 Å². The molecular weight excluding hydrogens is 469 g/mol. The number of fused-ring (bicyclic) bond motifs is 1. The van der Waals surface area contributed by atoms with Gasteiger partial charge in [0.2, 0.25) is 5.91 Å². The van der Waals surface area contributed by atoms with Crippen molar-refractivity contribution in [2.45, 2.75) is 50.5 Å². The lowest BCUT2D eigenvalue weighted by Crippen LogP contribution is -2.44. The highest BCUT2D eigenvalue weighted by atomic mass is 19.1. The lowest BCUT2D eigenvalue weighted by atomic mass is 9.97. The van der Waals surface area contributed by atoms with Crippen LogP contribution in [-0.2, 0) is 9.59 Å². The number of halogens is 1. The first kappa shape index (κ1) is 22.6. The number of hydrogen-bond acceptors (Lipinski definition) is 4. The van der Waals surface area contributed by atoms with Crippen molar-refractivity contribution in [2.75, 3.05) is 19.6 Å². The number of amidine groups is 1. The number of benzene rings is 2. The molecule has 7 nitrogen and oxygen atoms in total. The van der Waals surface area contributed by atoms with Crippen LogP contribution in [0, 0.1) is 17.7 Å². The zero-order valence-corrected chi connectivity index (χ0v) is 20.8. The second kappa shape index (κ2) is 8.50. The first-order valence-electron chi connectivity index (χ1n) is 13.4. The van der Waals surface area contributed by atoms with Gasteiger partial charge in [0.25, 0.3) is 5.91 Å². The summed E-state index contributed by atoms with van der Waals surface area (Å²) in [5, 5.41) is 8.03. The van der Waals surface area contributed by atoms with Crippen molar-refractivity contribution >= 4 is 28.6 Å². The van der Waals surface area contributed by atoms with Crippen LogP contribution in [-0.4, -0.2) is 62.8 Å². The molecule has 1 spiro atoms. The number of H-pyrrole nitrogens is 1. The van der Waals surface area contributed by atoms with Gasteiger partial charge in [0.1, 0.15) is 17.2 Å². The SMILES string of the molecule is O=C(C1CC1)N1CCC(CN2C(=O)C3(CCCC3)N=C2c2ccc(-c3ccc4cn[nH]c4c3)cc2F)C1. The monoisotopic (exact) mass is 499 g/mol. The third-order valence-electron chi connectivity index (χ3n) is 8.60. The number of hydrogen-bond donors (Lipinski definition) is 1. The molecule has 4 aliphatic rings. The Hall–Kier alpha value is -3.55. The Balaban J connectivity index is 1.18. The van der Waals surface area contributed by atoms with Crippen LogP contribution in [0.1, 0.15) is 50.5 Å². The minimum absolute atomic E-state index is 0.000132. The summed E-state index contributed by atoms with van der Waals surface area (Å²) in [5.74, 6) is 0.703. The fourth-order valence-electron chi connectivity index (χ4n) is 6.34. The van der Waals surface area contributed by atoms with Crippen LogP contribution in [0.25, 0.3) is 22.0 Å². The van der Waals surface area contributed by atoms with Crippen LogP contribution in [0.3, 0.4) is 0 Å². The number of carbonyl (C=O) groups excluding carboxylic acids is 2. The number of likely N-dealkylation sites (tertiary alicyclic amines) is 1. The average Bonchev–Trinajstić information content (AvgIpc) is 3.25. The highest BCUT2D eigenvalue weighted by Crippen LogP contribution is 2.41. The topological polar surface area (TPSA) is 81.7 Å². The number of carbonyl (C=O) groups is 2. The maximum Gasteiger partial charge on any atom is 0.256 e. The molecule has 1 aromatic heterocycles. The van der Waals surface area contributed by atoms with Gasteiger partial charge in [0, 0.05) is 30.9 Å². The minimum atomic E-state index is -0.756. The van der Waals surface area contributed by atoms with Crippen LogP contribution in [0.5, 0.6) is 0 Å². The molecule has 1 saturated heterocycles. The molecule has 7 rings (SSSR count). The van der Waals surface area contributed by atoms with Gasteiger partial charge in [-0.2, -0.15) is 5.10 Å².